The Morgan fingerprint density at radius 1 is 1.64 bits per heavy atom. The lowest BCUT2D eigenvalue weighted by Crippen LogP contribution is -2.31. The van der Waals surface area contributed by atoms with Crippen LogP contribution in [0.15, 0.2) is 6.20 Å². The molecule has 1 saturated carbocycles. The second-order valence-corrected chi connectivity index (χ2v) is 5.31. The molecule has 2 rings (SSSR count). The quantitative estimate of drug-likeness (QED) is 0.829. The van der Waals surface area contributed by atoms with Crippen LogP contribution in [0.4, 0.5) is 5.13 Å². The number of aromatic nitrogens is 1. The molecule has 4 heteroatoms. The van der Waals surface area contributed by atoms with Crippen LogP contribution in [0, 0.1) is 0 Å². The molecule has 78 valence electrons. The lowest BCUT2D eigenvalue weighted by atomic mass is 10.3. The highest BCUT2D eigenvalue weighted by Crippen LogP contribution is 2.31. The first kappa shape index (κ1) is 9.93. The zero-order chi connectivity index (χ0) is 10.1. The van der Waals surface area contributed by atoms with Crippen LogP contribution in [0.5, 0.6) is 0 Å². The lowest BCUT2D eigenvalue weighted by Gasteiger charge is -2.25. The summed E-state index contributed by atoms with van der Waals surface area (Å²) in [4.78, 5) is 7.89. The maximum atomic E-state index is 5.61. The molecule has 14 heavy (non-hydrogen) atoms. The van der Waals surface area contributed by atoms with Crippen molar-refractivity contribution < 1.29 is 0 Å². The highest BCUT2D eigenvalue weighted by Gasteiger charge is 2.30. The van der Waals surface area contributed by atoms with Crippen LogP contribution < -0.4 is 5.73 Å². The minimum atomic E-state index is 0.617. The number of nitrogen functional groups attached to an aromatic ring is 1. The van der Waals surface area contributed by atoms with Crippen molar-refractivity contribution in [3.05, 3.63) is 11.1 Å². The highest BCUT2D eigenvalue weighted by atomic mass is 32.1. The van der Waals surface area contributed by atoms with E-state index in [0.29, 0.717) is 11.2 Å². The van der Waals surface area contributed by atoms with E-state index in [-0.39, 0.29) is 0 Å². The van der Waals surface area contributed by atoms with E-state index in [4.69, 9.17) is 5.73 Å². The Bertz CT molecular complexity index is 302. The Morgan fingerprint density at radius 3 is 2.79 bits per heavy atom. The van der Waals surface area contributed by atoms with Crippen LogP contribution in [0.1, 0.15) is 31.6 Å². The summed E-state index contributed by atoms with van der Waals surface area (Å²) in [5.74, 6) is 0. The van der Waals surface area contributed by atoms with Crippen LogP contribution in [-0.4, -0.2) is 22.0 Å². The molecule has 1 aliphatic rings. The van der Waals surface area contributed by atoms with Crippen LogP contribution in [0.25, 0.3) is 0 Å². The van der Waals surface area contributed by atoms with Crippen molar-refractivity contribution in [3.63, 3.8) is 0 Å². The average Bonchev–Trinajstić information content (AvgIpc) is 2.86. The van der Waals surface area contributed by atoms with Gasteiger partial charge in [-0.2, -0.15) is 0 Å². The fraction of sp³-hybridized carbons (Fsp3) is 0.700. The maximum absolute atomic E-state index is 5.61. The Labute approximate surface area is 88.9 Å². The Morgan fingerprint density at radius 2 is 2.36 bits per heavy atom. The summed E-state index contributed by atoms with van der Waals surface area (Å²) in [5, 5.41) is 0.680. The zero-order valence-corrected chi connectivity index (χ0v) is 9.55. The molecule has 3 nitrogen and oxygen atoms in total. The SMILES string of the molecule is CC(C)N(Cc1cnc(N)s1)C1CC1. The van der Waals surface area contributed by atoms with E-state index in [1.807, 2.05) is 6.20 Å². The van der Waals surface area contributed by atoms with Gasteiger partial charge >= 0.3 is 0 Å². The molecular weight excluding hydrogens is 194 g/mol. The molecule has 0 aromatic carbocycles. The van der Waals surface area contributed by atoms with Gasteiger partial charge in [-0.3, -0.25) is 4.90 Å². The lowest BCUT2D eigenvalue weighted by molar-refractivity contribution is 0.204. The molecule has 1 heterocycles. The van der Waals surface area contributed by atoms with Crippen molar-refractivity contribution in [1.82, 2.24) is 9.88 Å². The largest absolute Gasteiger partial charge is 0.375 e. The number of nitrogens with zero attached hydrogens (tertiary/aromatic N) is 2. The summed E-state index contributed by atoms with van der Waals surface area (Å²) in [6, 6.07) is 1.42. The maximum Gasteiger partial charge on any atom is 0.180 e. The summed E-state index contributed by atoms with van der Waals surface area (Å²) in [6.45, 7) is 5.52. The van der Waals surface area contributed by atoms with E-state index in [9.17, 15) is 0 Å². The van der Waals surface area contributed by atoms with Crippen LogP contribution in [0.2, 0.25) is 0 Å². The van der Waals surface area contributed by atoms with Crippen molar-refractivity contribution in [2.75, 3.05) is 5.73 Å². The summed E-state index contributed by atoms with van der Waals surface area (Å²) in [7, 11) is 0. The van der Waals surface area contributed by atoms with Crippen molar-refractivity contribution in [2.24, 2.45) is 0 Å². The standard InChI is InChI=1S/C10H17N3S/c1-7(2)13(8-3-4-8)6-9-5-12-10(11)14-9/h5,7-8H,3-4,6H2,1-2H3,(H2,11,12). The molecule has 0 amide bonds. The van der Waals surface area contributed by atoms with E-state index in [2.05, 4.69) is 23.7 Å². The number of hydrogen-bond acceptors (Lipinski definition) is 4. The van der Waals surface area contributed by atoms with Crippen LogP contribution in [0.3, 0.4) is 0 Å². The van der Waals surface area contributed by atoms with Crippen LogP contribution in [-0.2, 0) is 6.54 Å². The van der Waals surface area contributed by atoms with Gasteiger partial charge in [0.2, 0.25) is 0 Å². The second kappa shape index (κ2) is 3.87. The molecule has 2 N–H and O–H groups in total. The van der Waals surface area contributed by atoms with Gasteiger partial charge in [0.05, 0.1) is 0 Å². The third kappa shape index (κ3) is 2.25. The minimum Gasteiger partial charge on any atom is -0.375 e. The molecule has 0 radical (unpaired) electrons. The summed E-state index contributed by atoms with van der Waals surface area (Å²) in [5.41, 5.74) is 5.61. The monoisotopic (exact) mass is 211 g/mol. The number of thiazole rings is 1. The number of anilines is 1. The molecule has 0 spiro atoms. The third-order valence-electron chi connectivity index (χ3n) is 2.59. The van der Waals surface area contributed by atoms with E-state index in [1.54, 1.807) is 11.3 Å². The van der Waals surface area contributed by atoms with Crippen molar-refractivity contribution in [3.8, 4) is 0 Å². The summed E-state index contributed by atoms with van der Waals surface area (Å²) < 4.78 is 0. The van der Waals surface area contributed by atoms with Gasteiger partial charge in [-0.15, -0.1) is 11.3 Å². The topological polar surface area (TPSA) is 42.2 Å². The molecule has 1 aromatic heterocycles. The summed E-state index contributed by atoms with van der Waals surface area (Å²) in [6.07, 6.45) is 4.61. The van der Waals surface area contributed by atoms with E-state index in [1.165, 1.54) is 17.7 Å². The van der Waals surface area contributed by atoms with Gasteiger partial charge in [0.15, 0.2) is 5.13 Å². The number of hydrogen-bond donors (Lipinski definition) is 1. The van der Waals surface area contributed by atoms with Crippen molar-refractivity contribution in [1.29, 1.82) is 0 Å². The Balaban J connectivity index is 1.99. The molecule has 1 aliphatic carbocycles. The van der Waals surface area contributed by atoms with Crippen molar-refractivity contribution >= 4 is 16.5 Å². The first-order chi connectivity index (χ1) is 6.66. The summed E-state index contributed by atoms with van der Waals surface area (Å²) >= 11 is 1.60. The molecule has 1 fully saturated rings. The van der Waals surface area contributed by atoms with Gasteiger partial charge in [-0.25, -0.2) is 4.98 Å². The second-order valence-electron chi connectivity index (χ2n) is 4.16. The minimum absolute atomic E-state index is 0.617. The molecule has 0 saturated heterocycles. The molecule has 0 aliphatic heterocycles. The van der Waals surface area contributed by atoms with Gasteiger partial charge in [-0.05, 0) is 26.7 Å². The normalized spacial score (nSPS) is 16.9. The predicted molar refractivity (Wildman–Crippen MR) is 60.2 cm³/mol. The van der Waals surface area contributed by atoms with Crippen molar-refractivity contribution in [2.45, 2.75) is 45.3 Å². The van der Waals surface area contributed by atoms with E-state index < -0.39 is 0 Å². The van der Waals surface area contributed by atoms with E-state index >= 15 is 0 Å². The Kier molecular flexibility index (Phi) is 2.74. The van der Waals surface area contributed by atoms with Gasteiger partial charge in [0.1, 0.15) is 0 Å². The van der Waals surface area contributed by atoms with Gasteiger partial charge in [0.25, 0.3) is 0 Å². The first-order valence-electron chi connectivity index (χ1n) is 5.12. The smallest absolute Gasteiger partial charge is 0.180 e. The number of rotatable bonds is 4. The average molecular weight is 211 g/mol. The molecular formula is C10H17N3S. The molecule has 0 unspecified atom stereocenters. The molecule has 0 atom stereocenters. The predicted octanol–water partition coefficient (Wildman–Crippen LogP) is 2.10. The number of nitrogens with two attached hydrogens (primary N) is 1. The fourth-order valence-electron chi connectivity index (χ4n) is 1.72. The first-order valence-corrected chi connectivity index (χ1v) is 5.94. The fourth-order valence-corrected chi connectivity index (χ4v) is 2.41. The van der Waals surface area contributed by atoms with Gasteiger partial charge in [0, 0.05) is 29.7 Å². The van der Waals surface area contributed by atoms with Gasteiger partial charge in [-0.1, -0.05) is 0 Å². The zero-order valence-electron chi connectivity index (χ0n) is 8.73. The van der Waals surface area contributed by atoms with E-state index in [0.717, 1.165) is 12.6 Å². The molecule has 1 aromatic rings. The Hall–Kier alpha value is -0.610. The van der Waals surface area contributed by atoms with Crippen LogP contribution >= 0.6 is 11.3 Å². The highest BCUT2D eigenvalue weighted by molar-refractivity contribution is 7.15. The van der Waals surface area contributed by atoms with Gasteiger partial charge < -0.3 is 5.73 Å². The molecule has 0 bridgehead atoms. The third-order valence-corrected chi connectivity index (χ3v) is 3.40.